The van der Waals surface area contributed by atoms with E-state index in [2.05, 4.69) is 26.3 Å². The Morgan fingerprint density at radius 2 is 0.632 bits per heavy atom. The molecule has 6 amide bonds. The highest BCUT2D eigenvalue weighted by Gasteiger charge is 2.45. The van der Waals surface area contributed by atoms with Crippen molar-refractivity contribution in [3.63, 3.8) is 0 Å². The summed E-state index contributed by atoms with van der Waals surface area (Å²) in [6.07, 6.45) is 0.904. The van der Waals surface area contributed by atoms with Gasteiger partial charge in [0.2, 0.25) is 11.8 Å². The Balaban J connectivity index is 1.11. The molecule has 0 spiro atoms. The van der Waals surface area contributed by atoms with Crippen molar-refractivity contribution in [2.45, 2.75) is 65.6 Å². The fourth-order valence-corrected chi connectivity index (χ4v) is 14.3. The van der Waals surface area contributed by atoms with Crippen molar-refractivity contribution in [3.05, 3.63) is 284 Å². The van der Waals surface area contributed by atoms with Crippen LogP contribution in [0.2, 0.25) is 0 Å². The largest absolute Gasteiger partial charge is 0.461 e. The van der Waals surface area contributed by atoms with Crippen molar-refractivity contribution < 1.29 is 85.8 Å². The molecule has 2 aliphatic heterocycles. The second kappa shape index (κ2) is 35.9. The van der Waals surface area contributed by atoms with Crippen LogP contribution >= 0.6 is 46.4 Å². The summed E-state index contributed by atoms with van der Waals surface area (Å²) in [5, 5.41) is -0.413. The van der Waals surface area contributed by atoms with Crippen LogP contribution in [0.15, 0.2) is 228 Å². The van der Waals surface area contributed by atoms with Crippen LogP contribution in [0.25, 0.3) is 43.1 Å². The summed E-state index contributed by atoms with van der Waals surface area (Å²) >= 11 is 23.4. The maximum atomic E-state index is 16.3. The monoisotopic (exact) mass is 1650 g/mol. The van der Waals surface area contributed by atoms with E-state index in [0.717, 1.165) is 20.9 Å². The average Bonchev–Trinajstić information content (AvgIpc) is 0.670. The number of carbonyl (C=O) groups excluding carboxylic acids is 10. The van der Waals surface area contributed by atoms with E-state index in [-0.39, 0.29) is 210 Å². The molecule has 1 atom stereocenters. The first-order valence-electron chi connectivity index (χ1n) is 37.2. The van der Waals surface area contributed by atoms with E-state index in [1.807, 2.05) is 60.7 Å². The highest BCUT2D eigenvalue weighted by Crippen LogP contribution is 2.58. The molecule has 0 aliphatic carbocycles. The molecule has 22 nitrogen and oxygen atoms in total. The third-order valence-electron chi connectivity index (χ3n) is 19.9. The smallest absolute Gasteiger partial charge is 0.349 e. The molecule has 1 unspecified atom stereocenters. The lowest BCUT2D eigenvalue weighted by molar-refractivity contribution is -0.139. The van der Waals surface area contributed by atoms with Gasteiger partial charge in [-0.15, -0.1) is 0 Å². The fourth-order valence-electron chi connectivity index (χ4n) is 14.1. The van der Waals surface area contributed by atoms with Crippen LogP contribution in [0.3, 0.4) is 0 Å². The van der Waals surface area contributed by atoms with Gasteiger partial charge in [0.25, 0.3) is 23.6 Å². The van der Waals surface area contributed by atoms with Crippen LogP contribution in [0.4, 0.5) is 0 Å². The van der Waals surface area contributed by atoms with Gasteiger partial charge < -0.3 is 47.7 Å². The SMILES string of the molecule is C=C(Cl)C(=O)OCCc1ccc(Oc2cc3c4c(cc(Oc5ccc(CCOC(=O)C(=C)Cl)cc5)c5c6c(Oc7ccc(CCOC(=O)C(=C)Cl)cc7)cc7c8c(cc(Oc9ccc(CCOC(=O)C(=C)Cl)cc9)c(c2c45)c86)C(=O)N(C(C)C(=O)N(CC)Cc2ccccc2)C7=O)C(=O)N(CC(=O)N(CC)Cc2ccccc2)C3=O)cc1. The topological polar surface area (TPSA) is 258 Å². The molecule has 0 aromatic heterocycles. The summed E-state index contributed by atoms with van der Waals surface area (Å²) in [7, 11) is 0. The Bertz CT molecular complexity index is 5580. The van der Waals surface area contributed by atoms with Gasteiger partial charge in [0.1, 0.15) is 78.7 Å². The molecule has 13 rings (SSSR count). The number of hydrogen-bond acceptors (Lipinski definition) is 18. The third-order valence-corrected chi connectivity index (χ3v) is 20.5. The molecule has 117 heavy (non-hydrogen) atoms. The highest BCUT2D eigenvalue weighted by molar-refractivity contribution is 6.46. The van der Waals surface area contributed by atoms with E-state index in [0.29, 0.717) is 22.3 Å². The summed E-state index contributed by atoms with van der Waals surface area (Å²) in [6, 6.07) is 49.8. The Hall–Kier alpha value is -12.9. The Labute approximate surface area is 691 Å². The van der Waals surface area contributed by atoms with Crippen LogP contribution in [0.1, 0.15) is 95.6 Å². The minimum atomic E-state index is -1.45. The predicted molar refractivity (Wildman–Crippen MR) is 443 cm³/mol. The van der Waals surface area contributed by atoms with E-state index in [1.165, 1.54) is 41.0 Å². The number of carbonyl (C=O) groups is 10. The summed E-state index contributed by atoms with van der Waals surface area (Å²) in [5.74, 6) is -7.52. The highest BCUT2D eigenvalue weighted by atomic mass is 35.5. The number of benzene rings is 11. The minimum absolute atomic E-state index is 0.0469. The maximum absolute atomic E-state index is 16.3. The molecular weight excluding hydrogens is 1580 g/mol. The van der Waals surface area contributed by atoms with Crippen molar-refractivity contribution in [3.8, 4) is 46.0 Å². The van der Waals surface area contributed by atoms with Crippen LogP contribution < -0.4 is 18.9 Å². The number of halogens is 4. The van der Waals surface area contributed by atoms with Gasteiger partial charge in [-0.3, -0.25) is 38.6 Å². The van der Waals surface area contributed by atoms with E-state index < -0.39 is 71.9 Å². The van der Waals surface area contributed by atoms with Crippen LogP contribution in [-0.2, 0) is 86.5 Å². The third kappa shape index (κ3) is 17.8. The molecular formula is C91H74Cl4N4O18. The number of imide groups is 2. The van der Waals surface area contributed by atoms with Gasteiger partial charge in [-0.25, -0.2) is 19.2 Å². The summed E-state index contributed by atoms with van der Waals surface area (Å²) in [5.41, 5.74) is 3.85. The molecule has 0 saturated heterocycles. The first-order valence-corrected chi connectivity index (χ1v) is 38.7. The Morgan fingerprint density at radius 3 is 0.906 bits per heavy atom. The zero-order chi connectivity index (χ0) is 83.0. The number of amides is 6. The van der Waals surface area contributed by atoms with Crippen LogP contribution in [0, 0.1) is 0 Å². The minimum Gasteiger partial charge on any atom is -0.461 e. The maximum Gasteiger partial charge on any atom is 0.349 e. The molecule has 11 aromatic carbocycles. The van der Waals surface area contributed by atoms with E-state index in [1.54, 1.807) is 111 Å². The van der Waals surface area contributed by atoms with E-state index in [9.17, 15) is 24.0 Å². The number of ether oxygens (including phenoxy) is 8. The molecule has 2 aliphatic rings. The number of nitrogens with zero attached hydrogens (tertiary/aromatic N) is 4. The molecule has 0 fully saturated rings. The second-order valence-corrected chi connectivity index (χ2v) is 29.2. The van der Waals surface area contributed by atoms with Crippen molar-refractivity contribution in [2.24, 2.45) is 0 Å². The normalized spacial score (nSPS) is 12.5. The number of esters is 4. The first-order chi connectivity index (χ1) is 56.3. The summed E-state index contributed by atoms with van der Waals surface area (Å²) < 4.78 is 50.1. The summed E-state index contributed by atoms with van der Waals surface area (Å²) in [4.78, 5) is 149. The first kappa shape index (κ1) is 82.1. The number of rotatable bonds is 34. The van der Waals surface area contributed by atoms with Gasteiger partial charge in [0.15, 0.2) is 0 Å². The molecule has 0 saturated carbocycles. The van der Waals surface area contributed by atoms with Crippen molar-refractivity contribution in [2.75, 3.05) is 46.1 Å². The van der Waals surface area contributed by atoms with Gasteiger partial charge in [-0.1, -0.05) is 182 Å². The number of fused-ring (bicyclic) bond motifs is 2. The molecule has 2 heterocycles. The predicted octanol–water partition coefficient (Wildman–Crippen LogP) is 17.9. The van der Waals surface area contributed by atoms with Gasteiger partial charge in [0.05, 0.1) is 48.7 Å². The average molecular weight is 1650 g/mol. The van der Waals surface area contributed by atoms with E-state index >= 15 is 24.0 Å². The summed E-state index contributed by atoms with van der Waals surface area (Å²) in [6.45, 7) is 18.5. The lowest BCUT2D eigenvalue weighted by atomic mass is 9.80. The van der Waals surface area contributed by atoms with Gasteiger partial charge in [0, 0.05) is 95.0 Å². The van der Waals surface area contributed by atoms with Crippen molar-refractivity contribution in [1.29, 1.82) is 0 Å². The van der Waals surface area contributed by atoms with Gasteiger partial charge >= 0.3 is 23.9 Å². The quantitative estimate of drug-likeness (QED) is 0.00906. The lowest BCUT2D eigenvalue weighted by Crippen LogP contribution is -2.53. The molecule has 594 valence electrons. The van der Waals surface area contributed by atoms with Gasteiger partial charge in [-0.05, 0) is 127 Å². The number of likely N-dealkylation sites (N-methyl/N-ethyl adjacent to an activating group) is 2. The number of hydrogen-bond donors (Lipinski definition) is 0. The van der Waals surface area contributed by atoms with Crippen LogP contribution in [0.5, 0.6) is 46.0 Å². The standard InChI is InChI=1S/C91H74Cl4N4O18/c1-8-96(48-60-16-12-10-13-17-60)74(100)50-98-84(102)66-44-70(114-62-28-20-56(21-29-62)36-40-110-88(106)51(3)92)77-79-72(116-64-32-24-58(25-33-64)38-42-112-90(108)53(5)94)46-68-76-69(87(105)99(86(68)104)55(7)83(101)97(9-2)49-61-18-14-11-15-19-61)47-73(117-65-34-26-59(27-35-65)39-43-113-91(109)54(6)95)80(82(76)79)78-71(45-67(85(98)103)75(66)81(77)78)115-63-30-22-57(23-31-63)37-41-111-89(107)52(4)93/h10-35,44-47,55H,3-6,8-9,36-43,48-50H2,1-2,7H3. The molecule has 26 heteroatoms. The van der Waals surface area contributed by atoms with Crippen molar-refractivity contribution in [1.82, 2.24) is 19.6 Å². The molecule has 0 bridgehead atoms. The van der Waals surface area contributed by atoms with Crippen molar-refractivity contribution >= 4 is 149 Å². The molecule has 11 aromatic rings. The molecule has 0 radical (unpaired) electrons. The van der Waals surface area contributed by atoms with Gasteiger partial charge in [-0.2, -0.15) is 0 Å². The molecule has 0 N–H and O–H groups in total. The lowest BCUT2D eigenvalue weighted by Gasteiger charge is -2.35. The zero-order valence-electron chi connectivity index (χ0n) is 63.6. The zero-order valence-corrected chi connectivity index (χ0v) is 66.6. The second-order valence-electron chi connectivity index (χ2n) is 27.4. The van der Waals surface area contributed by atoms with Crippen LogP contribution in [-0.4, -0.2) is 131 Å². The fraction of sp³-hybridized carbons (Fsp3) is 0.187. The van der Waals surface area contributed by atoms with E-state index in [4.69, 9.17) is 84.3 Å². The Morgan fingerprint density at radius 1 is 0.359 bits per heavy atom. The Kier molecular flexibility index (Phi) is 25.2.